The van der Waals surface area contributed by atoms with Crippen LogP contribution in [0.3, 0.4) is 0 Å². The van der Waals surface area contributed by atoms with Crippen LogP contribution in [0.5, 0.6) is 0 Å². The van der Waals surface area contributed by atoms with Crippen LogP contribution in [0, 0.1) is 0 Å². The summed E-state index contributed by atoms with van der Waals surface area (Å²) >= 11 is 0. The second-order valence-corrected chi connectivity index (χ2v) is 5.76. The molecule has 0 amide bonds. The van der Waals surface area contributed by atoms with Crippen LogP contribution < -0.4 is 11.4 Å². The monoisotopic (exact) mass is 328 g/mol. The van der Waals surface area contributed by atoms with Gasteiger partial charge in [-0.2, -0.15) is 4.98 Å². The first-order valence-electron chi connectivity index (χ1n) is 5.72. The Morgan fingerprint density at radius 1 is 1.43 bits per heavy atom. The summed E-state index contributed by atoms with van der Waals surface area (Å²) in [6.07, 6.45) is -2.51. The molecule has 0 bridgehead atoms. The maximum atomic E-state index is 11.8. The summed E-state index contributed by atoms with van der Waals surface area (Å²) in [6.45, 7) is -0.446. The molecule has 0 saturated carbocycles. The van der Waals surface area contributed by atoms with E-state index in [0.717, 1.165) is 4.57 Å². The van der Waals surface area contributed by atoms with Gasteiger partial charge >= 0.3 is 13.5 Å². The summed E-state index contributed by atoms with van der Waals surface area (Å²) < 4.78 is 27.7. The van der Waals surface area contributed by atoms with E-state index in [9.17, 15) is 19.4 Å². The molecule has 5 atom stereocenters. The number of aliphatic hydroxyl groups is 1. The molecular formula is C9H12N3NaO7P. The fourth-order valence-corrected chi connectivity index (χ4v) is 3.42. The van der Waals surface area contributed by atoms with Gasteiger partial charge in [0.25, 0.3) is 0 Å². The molecule has 4 N–H and O–H groups in total. The van der Waals surface area contributed by atoms with Gasteiger partial charge < -0.3 is 20.5 Å². The van der Waals surface area contributed by atoms with Crippen LogP contribution in [0.25, 0.3) is 0 Å². The van der Waals surface area contributed by atoms with Gasteiger partial charge in [0.15, 0.2) is 6.23 Å². The zero-order valence-corrected chi connectivity index (χ0v) is 13.9. The van der Waals surface area contributed by atoms with E-state index in [-0.39, 0.29) is 35.4 Å². The van der Waals surface area contributed by atoms with Crippen molar-refractivity contribution >= 4 is 43.2 Å². The van der Waals surface area contributed by atoms with Gasteiger partial charge in [-0.15, -0.1) is 0 Å². The number of nitrogens with zero attached hydrogens (tertiary/aromatic N) is 2. The summed E-state index contributed by atoms with van der Waals surface area (Å²) in [5.41, 5.74) is 4.69. The summed E-state index contributed by atoms with van der Waals surface area (Å²) in [5.74, 6) is 0.0379. The number of phosphoric acid groups is 1. The Morgan fingerprint density at radius 3 is 2.71 bits per heavy atom. The third kappa shape index (κ3) is 3.09. The molecule has 0 aromatic carbocycles. The average Bonchev–Trinajstić information content (AvgIpc) is 2.83. The molecule has 2 aliphatic rings. The minimum absolute atomic E-state index is 0. The first kappa shape index (κ1) is 17.1. The third-order valence-electron chi connectivity index (χ3n) is 3.10. The topological polar surface area (TPSA) is 146 Å². The number of nitrogen functional groups attached to an aromatic ring is 1. The number of aliphatic hydroxyl groups excluding tert-OH is 1. The van der Waals surface area contributed by atoms with Gasteiger partial charge in [0.1, 0.15) is 24.1 Å². The standard InChI is InChI=1S/C9H12N3O7P.Na/c10-5-1-2-12(9(14)11-5)8-7-6(4(3-13)17-8)18-20(15,16)19-7;/h1-2,4,6-8,13H,3H2,(H,15,16)(H2,10,11,14);/t4-,6-,7-,8-;/m1./s1. The normalized spacial score (nSPS) is 38.0. The Labute approximate surface area is 140 Å². The fraction of sp³-hybridized carbons (Fsp3) is 0.556. The zero-order valence-electron chi connectivity index (χ0n) is 11.0. The summed E-state index contributed by atoms with van der Waals surface area (Å²) in [7, 11) is -4.21. The quantitative estimate of drug-likeness (QED) is 0.423. The molecule has 111 valence electrons. The van der Waals surface area contributed by atoms with Crippen molar-refractivity contribution in [3.05, 3.63) is 22.7 Å². The molecule has 1 aromatic rings. The average molecular weight is 328 g/mol. The number of aromatic nitrogens is 2. The third-order valence-corrected chi connectivity index (χ3v) is 4.12. The van der Waals surface area contributed by atoms with Crippen molar-refractivity contribution in [1.82, 2.24) is 9.55 Å². The molecular weight excluding hydrogens is 316 g/mol. The van der Waals surface area contributed by atoms with Crippen molar-refractivity contribution in [1.29, 1.82) is 0 Å². The second-order valence-electron chi connectivity index (χ2n) is 4.40. The van der Waals surface area contributed by atoms with E-state index in [0.29, 0.717) is 0 Å². The van der Waals surface area contributed by atoms with Crippen LogP contribution in [0.15, 0.2) is 17.1 Å². The number of anilines is 1. The van der Waals surface area contributed by atoms with Gasteiger partial charge in [0, 0.05) is 35.8 Å². The van der Waals surface area contributed by atoms with Crippen molar-refractivity contribution in [2.45, 2.75) is 24.5 Å². The minimum atomic E-state index is -4.21. The first-order chi connectivity index (χ1) is 9.41. The van der Waals surface area contributed by atoms with E-state index in [4.69, 9.17) is 19.5 Å². The maximum absolute atomic E-state index is 11.8. The van der Waals surface area contributed by atoms with Crippen LogP contribution in [-0.2, 0) is 18.3 Å². The molecule has 1 unspecified atom stereocenters. The fourth-order valence-electron chi connectivity index (χ4n) is 2.27. The smallest absolute Gasteiger partial charge is 0.394 e. The second kappa shape index (κ2) is 6.07. The van der Waals surface area contributed by atoms with Gasteiger partial charge in [0.2, 0.25) is 0 Å². The number of ether oxygens (including phenoxy) is 1. The molecule has 2 fully saturated rings. The Bertz CT molecular complexity index is 640. The summed E-state index contributed by atoms with van der Waals surface area (Å²) in [6, 6.07) is 1.38. The van der Waals surface area contributed by atoms with E-state index in [1.807, 2.05) is 0 Å². The number of phosphoric ester groups is 1. The predicted octanol–water partition coefficient (Wildman–Crippen LogP) is -1.78. The predicted molar refractivity (Wildman–Crippen MR) is 69.2 cm³/mol. The molecule has 1 aromatic heterocycles. The van der Waals surface area contributed by atoms with Gasteiger partial charge in [-0.3, -0.25) is 13.6 Å². The number of rotatable bonds is 2. The van der Waals surface area contributed by atoms with Gasteiger partial charge in [-0.05, 0) is 6.07 Å². The van der Waals surface area contributed by atoms with Crippen LogP contribution in [0.2, 0.25) is 0 Å². The van der Waals surface area contributed by atoms with E-state index in [1.165, 1.54) is 12.3 Å². The molecule has 0 spiro atoms. The zero-order chi connectivity index (χ0) is 14.5. The van der Waals surface area contributed by atoms with E-state index in [1.54, 1.807) is 0 Å². The van der Waals surface area contributed by atoms with Crippen molar-refractivity contribution in [3.8, 4) is 0 Å². The van der Waals surface area contributed by atoms with Crippen molar-refractivity contribution in [3.63, 3.8) is 0 Å². The Hall–Kier alpha value is -0.290. The van der Waals surface area contributed by atoms with Crippen molar-refractivity contribution in [2.75, 3.05) is 12.3 Å². The number of fused-ring (bicyclic) bond motifs is 1. The van der Waals surface area contributed by atoms with E-state index >= 15 is 0 Å². The molecule has 0 aliphatic carbocycles. The van der Waals surface area contributed by atoms with Gasteiger partial charge in [-0.25, -0.2) is 9.36 Å². The Balaban J connectivity index is 0.00000161. The molecule has 2 aliphatic heterocycles. The summed E-state index contributed by atoms with van der Waals surface area (Å²) in [4.78, 5) is 24.7. The molecule has 12 heteroatoms. The number of nitrogens with two attached hydrogens (primary N) is 1. The van der Waals surface area contributed by atoms with Crippen molar-refractivity contribution in [2.24, 2.45) is 0 Å². The van der Waals surface area contributed by atoms with Crippen molar-refractivity contribution < 1.29 is 28.3 Å². The molecule has 3 heterocycles. The van der Waals surface area contributed by atoms with Gasteiger partial charge in [0.05, 0.1) is 6.61 Å². The maximum Gasteiger partial charge on any atom is 0.473 e. The molecule has 3 rings (SSSR count). The first-order valence-corrected chi connectivity index (χ1v) is 7.21. The number of hydrogen-bond acceptors (Lipinski definition) is 8. The molecule has 10 nitrogen and oxygen atoms in total. The van der Waals surface area contributed by atoms with Crippen LogP contribution >= 0.6 is 7.82 Å². The molecule has 1 radical (unpaired) electrons. The summed E-state index contributed by atoms with van der Waals surface area (Å²) in [5, 5.41) is 9.21. The van der Waals surface area contributed by atoms with Gasteiger partial charge in [-0.1, -0.05) is 0 Å². The largest absolute Gasteiger partial charge is 0.473 e. The van der Waals surface area contributed by atoms with E-state index < -0.39 is 44.7 Å². The van der Waals surface area contributed by atoms with Crippen LogP contribution in [-0.4, -0.2) is 74.0 Å². The number of hydrogen-bond donors (Lipinski definition) is 3. The Kier molecular flexibility index (Phi) is 4.94. The minimum Gasteiger partial charge on any atom is -0.394 e. The molecule has 2 saturated heterocycles. The van der Waals surface area contributed by atoms with Crippen LogP contribution in [0.4, 0.5) is 5.82 Å². The molecule has 21 heavy (non-hydrogen) atoms. The van der Waals surface area contributed by atoms with Crippen LogP contribution in [0.1, 0.15) is 6.23 Å². The SMILES string of the molecule is Nc1ccn([C@@H]2O[C@H](CO)[C@H]3OP(=O)(O)O[C@H]32)c(=O)n1.[Na]. The Morgan fingerprint density at radius 2 is 2.10 bits per heavy atom. The van der Waals surface area contributed by atoms with E-state index in [2.05, 4.69) is 4.98 Å².